The number of nitrogens with two attached hydrogens (primary N) is 1. The van der Waals surface area contributed by atoms with Crippen molar-refractivity contribution in [2.24, 2.45) is 10.7 Å². The van der Waals surface area contributed by atoms with Gasteiger partial charge >= 0.3 is 0 Å². The number of halogens is 1. The van der Waals surface area contributed by atoms with Gasteiger partial charge in [-0.3, -0.25) is 4.79 Å². The fraction of sp³-hybridized carbons (Fsp3) is 0.353. The van der Waals surface area contributed by atoms with E-state index >= 15 is 0 Å². The van der Waals surface area contributed by atoms with Crippen LogP contribution in [0.25, 0.3) is 0 Å². The zero-order valence-corrected chi connectivity index (χ0v) is 14.3. The molecule has 0 saturated carbocycles. The maximum atomic E-state index is 14.3. The second-order valence-electron chi connectivity index (χ2n) is 5.99. The fourth-order valence-electron chi connectivity index (χ4n) is 2.74. The van der Waals surface area contributed by atoms with Crippen LogP contribution < -0.4 is 5.73 Å². The number of hydrogen-bond donors (Lipinski definition) is 1. The molecule has 126 valence electrons. The normalized spacial score (nSPS) is 20.4. The topological polar surface area (TPSA) is 77.6 Å². The van der Waals surface area contributed by atoms with Gasteiger partial charge < -0.3 is 10.5 Å². The second kappa shape index (κ2) is 6.32. The summed E-state index contributed by atoms with van der Waals surface area (Å²) in [7, 11) is 0. The summed E-state index contributed by atoms with van der Waals surface area (Å²) in [5.41, 5.74) is 6.45. The first-order valence-electron chi connectivity index (χ1n) is 7.60. The lowest BCUT2D eigenvalue weighted by atomic mass is 9.87. The van der Waals surface area contributed by atoms with E-state index < -0.39 is 5.54 Å². The van der Waals surface area contributed by atoms with E-state index in [1.165, 1.54) is 17.4 Å². The molecule has 0 aliphatic carbocycles. The molecule has 0 amide bonds. The summed E-state index contributed by atoms with van der Waals surface area (Å²) in [4.78, 5) is 20.8. The highest BCUT2D eigenvalue weighted by Gasteiger charge is 2.33. The Kier molecular flexibility index (Phi) is 4.36. The summed E-state index contributed by atoms with van der Waals surface area (Å²) in [5.74, 6) is -0.450. The maximum absolute atomic E-state index is 14.3. The SMILES string of the molecule is Cc1nc(C(=O)Cc2ccc(F)c([C@]3(C)CCOC(N)=N3)c2)cs1. The number of nitrogens with zero attached hydrogens (tertiary/aromatic N) is 2. The highest BCUT2D eigenvalue weighted by Crippen LogP contribution is 2.34. The number of aromatic nitrogens is 1. The molecular formula is C17H18FN3O2S. The average Bonchev–Trinajstić information content (AvgIpc) is 2.95. The van der Waals surface area contributed by atoms with Crippen molar-refractivity contribution in [3.63, 3.8) is 0 Å². The van der Waals surface area contributed by atoms with E-state index in [1.807, 2.05) is 13.8 Å². The Morgan fingerprint density at radius 2 is 2.29 bits per heavy atom. The van der Waals surface area contributed by atoms with Crippen LogP contribution in [0.1, 0.15) is 40.0 Å². The quantitative estimate of drug-likeness (QED) is 0.863. The summed E-state index contributed by atoms with van der Waals surface area (Å²) in [6, 6.07) is 4.74. The molecule has 1 aliphatic heterocycles. The molecule has 24 heavy (non-hydrogen) atoms. The molecule has 0 radical (unpaired) electrons. The third-order valence-electron chi connectivity index (χ3n) is 4.08. The summed E-state index contributed by atoms with van der Waals surface area (Å²) in [6.45, 7) is 4.05. The van der Waals surface area contributed by atoms with Gasteiger partial charge in [0, 0.05) is 23.8 Å². The van der Waals surface area contributed by atoms with Crippen molar-refractivity contribution in [1.29, 1.82) is 0 Å². The molecule has 3 rings (SSSR count). The van der Waals surface area contributed by atoms with Crippen molar-refractivity contribution in [2.45, 2.75) is 32.2 Å². The van der Waals surface area contributed by atoms with Gasteiger partial charge in [-0.2, -0.15) is 0 Å². The number of carbonyl (C=O) groups excluding carboxylic acids is 1. The van der Waals surface area contributed by atoms with Gasteiger partial charge in [0.15, 0.2) is 5.78 Å². The molecule has 0 spiro atoms. The van der Waals surface area contributed by atoms with E-state index in [1.54, 1.807) is 17.5 Å². The number of benzene rings is 1. The molecule has 2 heterocycles. The Morgan fingerprint density at radius 1 is 1.50 bits per heavy atom. The lowest BCUT2D eigenvalue weighted by molar-refractivity contribution is 0.0988. The van der Waals surface area contributed by atoms with Gasteiger partial charge in [0.25, 0.3) is 6.02 Å². The molecule has 1 atom stereocenters. The minimum absolute atomic E-state index is 0.0579. The smallest absolute Gasteiger partial charge is 0.282 e. The number of aryl methyl sites for hydroxylation is 1. The van der Waals surface area contributed by atoms with Crippen LogP contribution >= 0.6 is 11.3 Å². The predicted molar refractivity (Wildman–Crippen MR) is 90.8 cm³/mol. The monoisotopic (exact) mass is 347 g/mol. The van der Waals surface area contributed by atoms with Gasteiger partial charge in [-0.15, -0.1) is 11.3 Å². The third-order valence-corrected chi connectivity index (χ3v) is 4.85. The molecule has 0 unspecified atom stereocenters. The lowest BCUT2D eigenvalue weighted by Gasteiger charge is -2.30. The highest BCUT2D eigenvalue weighted by atomic mass is 32.1. The molecule has 0 fully saturated rings. The molecule has 1 aromatic heterocycles. The van der Waals surface area contributed by atoms with Crippen LogP contribution in [0, 0.1) is 12.7 Å². The fourth-order valence-corrected chi connectivity index (χ4v) is 3.36. The second-order valence-corrected chi connectivity index (χ2v) is 7.05. The number of amidine groups is 1. The number of hydrogen-bond acceptors (Lipinski definition) is 6. The van der Waals surface area contributed by atoms with Crippen LogP contribution in [0.4, 0.5) is 4.39 Å². The van der Waals surface area contributed by atoms with Gasteiger partial charge in [0.1, 0.15) is 11.5 Å². The number of ether oxygens (including phenoxy) is 1. The Labute approximate surface area is 143 Å². The first-order chi connectivity index (χ1) is 11.4. The van der Waals surface area contributed by atoms with Crippen molar-refractivity contribution in [2.75, 3.05) is 6.61 Å². The molecule has 0 saturated heterocycles. The predicted octanol–water partition coefficient (Wildman–Crippen LogP) is 2.97. The maximum Gasteiger partial charge on any atom is 0.282 e. The molecule has 5 nitrogen and oxygen atoms in total. The van der Waals surface area contributed by atoms with Crippen LogP contribution in [0.15, 0.2) is 28.6 Å². The largest absolute Gasteiger partial charge is 0.465 e. The number of ketones is 1. The summed E-state index contributed by atoms with van der Waals surface area (Å²) >= 11 is 1.43. The van der Waals surface area contributed by atoms with Gasteiger partial charge in [-0.05, 0) is 31.5 Å². The van der Waals surface area contributed by atoms with E-state index in [9.17, 15) is 9.18 Å². The van der Waals surface area contributed by atoms with Crippen LogP contribution in [-0.4, -0.2) is 23.4 Å². The van der Waals surface area contributed by atoms with Crippen LogP contribution in [-0.2, 0) is 16.7 Å². The zero-order valence-electron chi connectivity index (χ0n) is 13.5. The summed E-state index contributed by atoms with van der Waals surface area (Å²) < 4.78 is 19.5. The van der Waals surface area contributed by atoms with Crippen molar-refractivity contribution in [1.82, 2.24) is 4.98 Å². The van der Waals surface area contributed by atoms with Crippen LogP contribution in [0.3, 0.4) is 0 Å². The Hall–Kier alpha value is -2.28. The van der Waals surface area contributed by atoms with E-state index in [4.69, 9.17) is 10.5 Å². The number of thiazole rings is 1. The summed E-state index contributed by atoms with van der Waals surface area (Å²) in [5, 5.41) is 2.59. The zero-order chi connectivity index (χ0) is 17.3. The van der Waals surface area contributed by atoms with E-state index in [2.05, 4.69) is 9.98 Å². The number of Topliss-reactive ketones (excluding diaryl/α,β-unsaturated/α-hetero) is 1. The third kappa shape index (κ3) is 3.31. The molecule has 2 aromatic rings. The first kappa shape index (κ1) is 16.6. The highest BCUT2D eigenvalue weighted by molar-refractivity contribution is 7.09. The van der Waals surface area contributed by atoms with Gasteiger partial charge in [0.2, 0.25) is 0 Å². The van der Waals surface area contributed by atoms with Crippen molar-refractivity contribution in [3.05, 3.63) is 51.2 Å². The molecule has 1 aromatic carbocycles. The number of aliphatic imine (C=N–C) groups is 1. The Morgan fingerprint density at radius 3 is 2.96 bits per heavy atom. The van der Waals surface area contributed by atoms with Gasteiger partial charge in [-0.25, -0.2) is 14.4 Å². The van der Waals surface area contributed by atoms with Crippen molar-refractivity contribution in [3.8, 4) is 0 Å². The molecular weight excluding hydrogens is 329 g/mol. The van der Waals surface area contributed by atoms with E-state index in [-0.39, 0.29) is 24.0 Å². The molecule has 7 heteroatoms. The minimum Gasteiger partial charge on any atom is -0.465 e. The standard InChI is InChI=1S/C17H18FN3O2S/c1-10-20-14(9-24-10)15(22)8-11-3-4-13(18)12(7-11)17(2)5-6-23-16(19)21-17/h3-4,7,9H,5-6,8H2,1-2H3,(H2,19,21)/t17-/m0/s1. The van der Waals surface area contributed by atoms with Crippen molar-refractivity contribution < 1.29 is 13.9 Å². The average molecular weight is 347 g/mol. The first-order valence-corrected chi connectivity index (χ1v) is 8.48. The van der Waals surface area contributed by atoms with E-state index in [0.717, 1.165) is 10.6 Å². The van der Waals surface area contributed by atoms with Gasteiger partial charge in [-0.1, -0.05) is 6.07 Å². The van der Waals surface area contributed by atoms with Crippen molar-refractivity contribution >= 4 is 23.1 Å². The molecule has 0 bridgehead atoms. The van der Waals surface area contributed by atoms with Crippen LogP contribution in [0.5, 0.6) is 0 Å². The van der Waals surface area contributed by atoms with E-state index in [0.29, 0.717) is 24.3 Å². The number of rotatable bonds is 4. The molecule has 2 N–H and O–H groups in total. The Balaban J connectivity index is 1.89. The summed E-state index contributed by atoms with van der Waals surface area (Å²) in [6.07, 6.45) is 0.690. The minimum atomic E-state index is -0.789. The van der Waals surface area contributed by atoms with Gasteiger partial charge in [0.05, 0.1) is 17.2 Å². The molecule has 1 aliphatic rings. The lowest BCUT2D eigenvalue weighted by Crippen LogP contribution is -2.34. The number of carbonyl (C=O) groups is 1. The van der Waals surface area contributed by atoms with Crippen LogP contribution in [0.2, 0.25) is 0 Å². The Bertz CT molecular complexity index is 818.